The summed E-state index contributed by atoms with van der Waals surface area (Å²) in [6, 6.07) is 0. The first-order chi connectivity index (χ1) is 3.85. The Bertz CT molecular complexity index is 41.8. The van der Waals surface area contributed by atoms with Crippen molar-refractivity contribution in [1.82, 2.24) is 0 Å². The Morgan fingerprint density at radius 2 is 2.25 bits per heavy atom. The van der Waals surface area contributed by atoms with Crippen molar-refractivity contribution in [3.8, 4) is 0 Å². The van der Waals surface area contributed by atoms with Gasteiger partial charge in [-0.3, -0.25) is 0 Å². The summed E-state index contributed by atoms with van der Waals surface area (Å²) in [4.78, 5) is 0. The Balaban J connectivity index is 3.07. The third-order valence-electron chi connectivity index (χ3n) is 1.10. The predicted octanol–water partition coefficient (Wildman–Crippen LogP) is 0.929. The molecular weight excluding hydrogens is 104 g/mol. The maximum Gasteiger partial charge on any atom is 0.0852 e. The normalized spacial score (nSPS) is 10.5. The minimum Gasteiger partial charge on any atom is -0.396 e. The molecule has 0 aliphatic rings. The van der Waals surface area contributed by atoms with Crippen LogP contribution in [0.15, 0.2) is 0 Å². The molecule has 2 nitrogen and oxygen atoms in total. The van der Waals surface area contributed by atoms with Crippen LogP contribution < -0.4 is 0 Å². The van der Waals surface area contributed by atoms with Crippen molar-refractivity contribution in [3.63, 3.8) is 0 Å². The molecule has 2 heteroatoms. The third kappa shape index (κ3) is 2.99. The third-order valence-corrected chi connectivity index (χ3v) is 1.10. The molecule has 0 bridgehead atoms. The molecule has 49 valence electrons. The fourth-order valence-electron chi connectivity index (χ4n) is 0.584. The maximum atomic E-state index is 8.47. The molecule has 0 aromatic rings. The average Bonchev–Trinajstić information content (AvgIpc) is 1.83. The Labute approximate surface area is 50.2 Å². The molecule has 0 aromatic heterocycles. The lowest BCUT2D eigenvalue weighted by Crippen LogP contribution is -2.05. The van der Waals surface area contributed by atoms with Crippen LogP contribution in [0.5, 0.6) is 0 Å². The van der Waals surface area contributed by atoms with Crippen LogP contribution in [0, 0.1) is 12.5 Å². The summed E-state index contributed by atoms with van der Waals surface area (Å²) >= 11 is 0. The summed E-state index contributed by atoms with van der Waals surface area (Å²) in [6.07, 6.45) is 1.87. The summed E-state index contributed by atoms with van der Waals surface area (Å²) in [5.41, 5.74) is 0. The smallest absolute Gasteiger partial charge is 0.0852 e. The largest absolute Gasteiger partial charge is 0.396 e. The van der Waals surface area contributed by atoms with E-state index in [1.165, 1.54) is 0 Å². The van der Waals surface area contributed by atoms with Crippen molar-refractivity contribution in [2.75, 3.05) is 6.61 Å². The molecule has 0 aromatic carbocycles. The van der Waals surface area contributed by atoms with Gasteiger partial charge >= 0.3 is 0 Å². The summed E-state index contributed by atoms with van der Waals surface area (Å²) in [6.45, 7) is 3.14. The van der Waals surface area contributed by atoms with Crippen molar-refractivity contribution in [1.29, 1.82) is 0 Å². The lowest BCUT2D eigenvalue weighted by Gasteiger charge is -2.05. The lowest BCUT2D eigenvalue weighted by atomic mass is 10.1. The van der Waals surface area contributed by atoms with Gasteiger partial charge in [-0.25, -0.2) is 0 Å². The number of aliphatic hydroxyl groups is 2. The Morgan fingerprint density at radius 1 is 1.62 bits per heavy atom. The summed E-state index contributed by atoms with van der Waals surface area (Å²) in [7, 11) is 0. The van der Waals surface area contributed by atoms with Gasteiger partial charge in [0, 0.05) is 12.5 Å². The average molecular weight is 117 g/mol. The first kappa shape index (κ1) is 7.92. The Hall–Kier alpha value is -0.0800. The fourth-order valence-corrected chi connectivity index (χ4v) is 0.584. The molecule has 0 aliphatic carbocycles. The second-order valence-electron chi connectivity index (χ2n) is 1.88. The van der Waals surface area contributed by atoms with E-state index in [1.807, 2.05) is 6.92 Å². The fraction of sp³-hybridized carbons (Fsp3) is 0.833. The van der Waals surface area contributed by atoms with Crippen LogP contribution in [0.2, 0.25) is 0 Å². The van der Waals surface area contributed by atoms with Gasteiger partial charge in [-0.15, -0.1) is 0 Å². The van der Waals surface area contributed by atoms with Crippen molar-refractivity contribution >= 4 is 0 Å². The molecule has 0 aliphatic heterocycles. The van der Waals surface area contributed by atoms with Crippen LogP contribution in [-0.2, 0) is 0 Å². The van der Waals surface area contributed by atoms with E-state index >= 15 is 0 Å². The van der Waals surface area contributed by atoms with Crippen LogP contribution in [0.25, 0.3) is 0 Å². The number of hydrogen-bond donors (Lipinski definition) is 2. The molecule has 0 saturated carbocycles. The zero-order valence-electron chi connectivity index (χ0n) is 5.17. The maximum absolute atomic E-state index is 8.47. The van der Waals surface area contributed by atoms with Gasteiger partial charge in [-0.1, -0.05) is 13.3 Å². The molecular formula is C6H13O2. The second kappa shape index (κ2) is 5.06. The quantitative estimate of drug-likeness (QED) is 0.575. The van der Waals surface area contributed by atoms with Crippen LogP contribution in [0.3, 0.4) is 0 Å². The van der Waals surface area contributed by atoms with Crippen LogP contribution >= 0.6 is 0 Å². The highest BCUT2D eigenvalue weighted by atomic mass is 16.3. The Kier molecular flexibility index (Phi) is 5.01. The molecule has 8 heavy (non-hydrogen) atoms. The first-order valence-corrected chi connectivity index (χ1v) is 2.93. The topological polar surface area (TPSA) is 40.5 Å². The van der Waals surface area contributed by atoms with Crippen molar-refractivity contribution in [2.24, 2.45) is 5.92 Å². The van der Waals surface area contributed by atoms with E-state index in [1.54, 1.807) is 0 Å². The predicted molar refractivity (Wildman–Crippen MR) is 31.7 cm³/mol. The highest BCUT2D eigenvalue weighted by Gasteiger charge is 2.02. The van der Waals surface area contributed by atoms with E-state index in [-0.39, 0.29) is 12.5 Å². The van der Waals surface area contributed by atoms with Gasteiger partial charge in [0.25, 0.3) is 0 Å². The Morgan fingerprint density at radius 3 is 2.38 bits per heavy atom. The van der Waals surface area contributed by atoms with Crippen molar-refractivity contribution in [3.05, 3.63) is 6.61 Å². The van der Waals surface area contributed by atoms with Gasteiger partial charge in [-0.2, -0.15) is 0 Å². The molecule has 2 N–H and O–H groups in total. The van der Waals surface area contributed by atoms with Crippen molar-refractivity contribution < 1.29 is 10.2 Å². The molecule has 0 rings (SSSR count). The monoisotopic (exact) mass is 117 g/mol. The molecule has 0 amide bonds. The number of aliphatic hydroxyl groups excluding tert-OH is 2. The second-order valence-corrected chi connectivity index (χ2v) is 1.88. The van der Waals surface area contributed by atoms with E-state index in [4.69, 9.17) is 10.2 Å². The van der Waals surface area contributed by atoms with Gasteiger partial charge in [-0.05, 0) is 6.42 Å². The van der Waals surface area contributed by atoms with Crippen molar-refractivity contribution in [2.45, 2.75) is 19.8 Å². The summed E-state index contributed by atoms with van der Waals surface area (Å²) in [5, 5.41) is 16.8. The molecule has 1 radical (unpaired) electrons. The van der Waals surface area contributed by atoms with E-state index in [0.717, 1.165) is 19.4 Å². The first-order valence-electron chi connectivity index (χ1n) is 2.93. The zero-order valence-corrected chi connectivity index (χ0v) is 5.17. The summed E-state index contributed by atoms with van der Waals surface area (Å²) < 4.78 is 0. The zero-order chi connectivity index (χ0) is 6.41. The molecule has 0 saturated heterocycles. The summed E-state index contributed by atoms with van der Waals surface area (Å²) in [5.74, 6) is -0.0139. The van der Waals surface area contributed by atoms with E-state index in [2.05, 4.69) is 0 Å². The number of hydrogen-bond acceptors (Lipinski definition) is 2. The van der Waals surface area contributed by atoms with Gasteiger partial charge in [0.2, 0.25) is 0 Å². The van der Waals surface area contributed by atoms with E-state index in [0.29, 0.717) is 0 Å². The van der Waals surface area contributed by atoms with Crippen LogP contribution in [0.4, 0.5) is 0 Å². The van der Waals surface area contributed by atoms with Gasteiger partial charge in [0.05, 0.1) is 6.61 Å². The molecule has 1 atom stereocenters. The van der Waals surface area contributed by atoms with E-state index in [9.17, 15) is 0 Å². The minimum atomic E-state index is -0.0139. The standard InChI is InChI=1S/C6H13O2/c1-2-3-6(4-7)5-8/h4,6-8H,2-3,5H2,1H3. The van der Waals surface area contributed by atoms with Gasteiger partial charge < -0.3 is 10.2 Å². The highest BCUT2D eigenvalue weighted by molar-refractivity contribution is 4.62. The lowest BCUT2D eigenvalue weighted by molar-refractivity contribution is 0.189. The van der Waals surface area contributed by atoms with E-state index < -0.39 is 0 Å². The highest BCUT2D eigenvalue weighted by Crippen LogP contribution is 2.05. The molecule has 0 spiro atoms. The molecule has 0 heterocycles. The van der Waals surface area contributed by atoms with Crippen LogP contribution in [0.1, 0.15) is 19.8 Å². The van der Waals surface area contributed by atoms with Gasteiger partial charge in [0.1, 0.15) is 0 Å². The SMILES string of the molecule is CCCC([CH]O)CO. The molecule has 1 unspecified atom stereocenters. The van der Waals surface area contributed by atoms with Gasteiger partial charge in [0.15, 0.2) is 0 Å². The van der Waals surface area contributed by atoms with Crippen LogP contribution in [-0.4, -0.2) is 16.8 Å². The number of rotatable bonds is 4. The minimum absolute atomic E-state index is 0.0139. The molecule has 0 fully saturated rings.